The number of fused-ring (bicyclic) bond motifs is 1. The van der Waals surface area contributed by atoms with E-state index in [1.165, 1.54) is 12.1 Å². The number of benzene rings is 1. The number of nitrogens with one attached hydrogen (secondary N) is 2. The first-order valence-electron chi connectivity index (χ1n) is 5.95. The summed E-state index contributed by atoms with van der Waals surface area (Å²) in [4.78, 5) is 29.0. The number of rotatable bonds is 4. The highest BCUT2D eigenvalue weighted by atomic mass is 79.9. The van der Waals surface area contributed by atoms with Gasteiger partial charge >= 0.3 is 12.1 Å². The van der Waals surface area contributed by atoms with E-state index in [-0.39, 0.29) is 28.1 Å². The van der Waals surface area contributed by atoms with Crippen molar-refractivity contribution in [3.63, 3.8) is 0 Å². The molecule has 1 heterocycles. The lowest BCUT2D eigenvalue weighted by atomic mass is 10.2. The summed E-state index contributed by atoms with van der Waals surface area (Å²) in [5.41, 5.74) is 4.60. The third kappa shape index (κ3) is 3.31. The van der Waals surface area contributed by atoms with Crippen LogP contribution in [-0.2, 0) is 4.74 Å². The van der Waals surface area contributed by atoms with Gasteiger partial charge in [-0.1, -0.05) is 0 Å². The van der Waals surface area contributed by atoms with E-state index in [0.717, 1.165) is 0 Å². The summed E-state index contributed by atoms with van der Waals surface area (Å²) >= 11 is 3.08. The molecule has 0 radical (unpaired) electrons. The minimum atomic E-state index is -0.741. The minimum Gasteiger partial charge on any atom is -0.479 e. The molecule has 1 amide bonds. The van der Waals surface area contributed by atoms with E-state index >= 15 is 0 Å². The van der Waals surface area contributed by atoms with Crippen LogP contribution in [0.4, 0.5) is 16.3 Å². The van der Waals surface area contributed by atoms with Crippen LogP contribution in [0, 0.1) is 10.1 Å². The predicted octanol–water partition coefficient (Wildman–Crippen LogP) is 2.08. The smallest absolute Gasteiger partial charge is 0.425 e. The predicted molar refractivity (Wildman–Crippen MR) is 79.3 cm³/mol. The van der Waals surface area contributed by atoms with Gasteiger partial charge in [-0.3, -0.25) is 15.5 Å². The van der Waals surface area contributed by atoms with Crippen molar-refractivity contribution in [1.29, 1.82) is 0 Å². The standard InChI is InChI=1S/C11H10BrN5O5/c1-2-22-11(19)16-15-9-5-3-6(12)8(17(20)21)4-7(5)13-10(18)14-9/h3-4H,2H2,1H3,(H,16,19)(H2,13,14,15,18). The van der Waals surface area contributed by atoms with E-state index < -0.39 is 17.0 Å². The number of aromatic hydroxyl groups is 1. The third-order valence-corrected chi connectivity index (χ3v) is 3.14. The van der Waals surface area contributed by atoms with E-state index in [2.05, 4.69) is 41.5 Å². The second kappa shape index (κ2) is 6.39. The van der Waals surface area contributed by atoms with Gasteiger partial charge in [0.2, 0.25) is 0 Å². The molecule has 0 spiro atoms. The highest BCUT2D eigenvalue weighted by Crippen LogP contribution is 2.32. The van der Waals surface area contributed by atoms with Crippen molar-refractivity contribution in [2.75, 3.05) is 12.0 Å². The molecule has 11 heteroatoms. The lowest BCUT2D eigenvalue weighted by Gasteiger charge is -2.10. The van der Waals surface area contributed by atoms with E-state index in [4.69, 9.17) is 0 Å². The molecular formula is C11H10BrN5O5. The van der Waals surface area contributed by atoms with Gasteiger partial charge in [-0.25, -0.2) is 10.2 Å². The number of nitro groups is 1. The lowest BCUT2D eigenvalue weighted by Crippen LogP contribution is -2.30. The van der Waals surface area contributed by atoms with E-state index in [0.29, 0.717) is 5.39 Å². The Kier molecular flexibility index (Phi) is 4.56. The van der Waals surface area contributed by atoms with Gasteiger partial charge in [0.05, 0.1) is 21.5 Å². The molecule has 0 atom stereocenters. The number of ether oxygens (including phenoxy) is 1. The summed E-state index contributed by atoms with van der Waals surface area (Å²) in [5, 5.41) is 20.7. The number of halogens is 1. The molecule has 0 saturated carbocycles. The zero-order valence-electron chi connectivity index (χ0n) is 11.2. The van der Waals surface area contributed by atoms with Gasteiger partial charge in [-0.15, -0.1) is 0 Å². The SMILES string of the molecule is CCOC(=O)NNc1nc(O)nc2cc([N+](=O)[O-])c(Br)cc12. The number of carbonyl (C=O) groups is 1. The van der Waals surface area contributed by atoms with Crippen LogP contribution < -0.4 is 10.9 Å². The molecule has 0 bridgehead atoms. The fraction of sp³-hybridized carbons (Fsp3) is 0.182. The topological polar surface area (TPSA) is 140 Å². The summed E-state index contributed by atoms with van der Waals surface area (Å²) in [6, 6.07) is 1.98. The van der Waals surface area contributed by atoms with Crippen LogP contribution in [0.2, 0.25) is 0 Å². The number of anilines is 1. The first-order chi connectivity index (χ1) is 10.4. The highest BCUT2D eigenvalue weighted by Gasteiger charge is 2.17. The summed E-state index contributed by atoms with van der Waals surface area (Å²) in [5.74, 6) is 0.0613. The maximum Gasteiger partial charge on any atom is 0.425 e. The maximum atomic E-state index is 11.2. The molecule has 0 aliphatic rings. The van der Waals surface area contributed by atoms with E-state index in [1.807, 2.05) is 0 Å². The first kappa shape index (κ1) is 15.7. The van der Waals surface area contributed by atoms with Gasteiger partial charge in [0.25, 0.3) is 5.69 Å². The van der Waals surface area contributed by atoms with Crippen molar-refractivity contribution in [2.45, 2.75) is 6.92 Å². The molecule has 2 rings (SSSR count). The van der Waals surface area contributed by atoms with Crippen LogP contribution in [0.25, 0.3) is 10.9 Å². The Labute approximate surface area is 131 Å². The Balaban J connectivity index is 2.43. The van der Waals surface area contributed by atoms with Crippen LogP contribution in [0.1, 0.15) is 6.92 Å². The second-order valence-corrected chi connectivity index (χ2v) is 4.77. The minimum absolute atomic E-state index is 0.0613. The highest BCUT2D eigenvalue weighted by molar-refractivity contribution is 9.10. The molecule has 0 aliphatic carbocycles. The van der Waals surface area contributed by atoms with Gasteiger partial charge < -0.3 is 9.84 Å². The molecule has 22 heavy (non-hydrogen) atoms. The third-order valence-electron chi connectivity index (χ3n) is 2.51. The molecule has 0 aliphatic heterocycles. The molecule has 2 aromatic rings. The molecule has 116 valence electrons. The molecule has 10 nitrogen and oxygen atoms in total. The van der Waals surface area contributed by atoms with E-state index in [1.54, 1.807) is 6.92 Å². The number of hydrogen-bond donors (Lipinski definition) is 3. The number of hydrogen-bond acceptors (Lipinski definition) is 8. The van der Waals surface area contributed by atoms with Crippen molar-refractivity contribution in [3.05, 3.63) is 26.7 Å². The lowest BCUT2D eigenvalue weighted by molar-refractivity contribution is -0.385. The van der Waals surface area contributed by atoms with Gasteiger partial charge in [-0.2, -0.15) is 9.97 Å². The number of amides is 1. The molecule has 1 aromatic carbocycles. The van der Waals surface area contributed by atoms with Crippen LogP contribution in [0.5, 0.6) is 6.01 Å². The summed E-state index contributed by atoms with van der Waals surface area (Å²) in [6.45, 7) is 1.82. The summed E-state index contributed by atoms with van der Waals surface area (Å²) in [7, 11) is 0. The zero-order valence-corrected chi connectivity index (χ0v) is 12.7. The molecular weight excluding hydrogens is 362 g/mol. The number of aromatic nitrogens is 2. The Morgan fingerprint density at radius 1 is 1.50 bits per heavy atom. The van der Waals surface area contributed by atoms with Gasteiger partial charge in [0.15, 0.2) is 5.82 Å². The van der Waals surface area contributed by atoms with Crippen molar-refractivity contribution in [3.8, 4) is 6.01 Å². The average Bonchev–Trinajstić information content (AvgIpc) is 2.44. The Hall–Kier alpha value is -2.69. The van der Waals surface area contributed by atoms with Gasteiger partial charge in [0, 0.05) is 11.5 Å². The van der Waals surface area contributed by atoms with E-state index in [9.17, 15) is 20.0 Å². The van der Waals surface area contributed by atoms with Gasteiger partial charge in [0.1, 0.15) is 0 Å². The van der Waals surface area contributed by atoms with Crippen molar-refractivity contribution in [2.24, 2.45) is 0 Å². The molecule has 0 fully saturated rings. The van der Waals surface area contributed by atoms with Crippen molar-refractivity contribution >= 4 is 44.4 Å². The molecule has 0 saturated heterocycles. The molecule has 0 unspecified atom stereocenters. The quantitative estimate of drug-likeness (QED) is 0.548. The van der Waals surface area contributed by atoms with Crippen molar-refractivity contribution in [1.82, 2.24) is 15.4 Å². The molecule has 1 aromatic heterocycles. The average molecular weight is 372 g/mol. The second-order valence-electron chi connectivity index (χ2n) is 3.92. The molecule has 3 N–H and O–H groups in total. The van der Waals surface area contributed by atoms with Crippen LogP contribution in [0.3, 0.4) is 0 Å². The fourth-order valence-corrected chi connectivity index (χ4v) is 2.13. The van der Waals surface area contributed by atoms with Crippen LogP contribution >= 0.6 is 15.9 Å². The number of nitrogens with zero attached hydrogens (tertiary/aromatic N) is 3. The Bertz CT molecular complexity index is 753. The number of hydrazine groups is 1. The first-order valence-corrected chi connectivity index (χ1v) is 6.75. The summed E-state index contributed by atoms with van der Waals surface area (Å²) in [6.07, 6.45) is -0.741. The Morgan fingerprint density at radius 2 is 2.23 bits per heavy atom. The monoisotopic (exact) mass is 371 g/mol. The normalized spacial score (nSPS) is 10.3. The number of carbonyl (C=O) groups excluding carboxylic acids is 1. The number of nitro benzene ring substituents is 1. The van der Waals surface area contributed by atoms with Gasteiger partial charge in [-0.05, 0) is 28.9 Å². The van der Waals surface area contributed by atoms with Crippen molar-refractivity contribution < 1.29 is 19.6 Å². The largest absolute Gasteiger partial charge is 0.479 e. The summed E-state index contributed by atoms with van der Waals surface area (Å²) < 4.78 is 4.87. The fourth-order valence-electron chi connectivity index (χ4n) is 1.64. The van der Waals surface area contributed by atoms with Crippen LogP contribution in [-0.4, -0.2) is 32.7 Å². The maximum absolute atomic E-state index is 11.2. The Morgan fingerprint density at radius 3 is 2.86 bits per heavy atom. The zero-order chi connectivity index (χ0) is 16.3. The van der Waals surface area contributed by atoms with Crippen LogP contribution in [0.15, 0.2) is 16.6 Å².